The maximum Gasteiger partial charge on any atom is 0.143 e. The molecule has 0 aliphatic heterocycles. The minimum Gasteiger partial charge on any atom is -0.455 e. The number of aromatic nitrogens is 1. The first kappa shape index (κ1) is 34.9. The molecule has 12 rings (SSSR count). The van der Waals surface area contributed by atoms with Crippen LogP contribution in [0.2, 0.25) is 0 Å². The van der Waals surface area contributed by atoms with Crippen molar-refractivity contribution in [2.75, 3.05) is 4.90 Å². The van der Waals surface area contributed by atoms with Crippen LogP contribution in [-0.2, 0) is 0 Å². The molecular weight excluding hydrogens is 741 g/mol. The summed E-state index contributed by atoms with van der Waals surface area (Å²) in [7, 11) is 0. The number of nitrogens with zero attached hydrogens (tertiary/aromatic N) is 2. The number of rotatable bonds is 7. The Morgan fingerprint density at radius 3 is 1.52 bits per heavy atom. The third-order valence-corrected chi connectivity index (χ3v) is 12.2. The number of hydrogen-bond acceptors (Lipinski definition) is 2. The van der Waals surface area contributed by atoms with Gasteiger partial charge in [0.2, 0.25) is 0 Å². The summed E-state index contributed by atoms with van der Waals surface area (Å²) in [5.41, 5.74) is 15.4. The molecule has 0 aliphatic rings. The van der Waals surface area contributed by atoms with Crippen LogP contribution >= 0.6 is 0 Å². The molecule has 0 atom stereocenters. The van der Waals surface area contributed by atoms with E-state index in [1.807, 2.05) is 12.1 Å². The minimum atomic E-state index is 0.901. The van der Waals surface area contributed by atoms with Crippen molar-refractivity contribution in [1.29, 1.82) is 0 Å². The third kappa shape index (κ3) is 5.82. The summed E-state index contributed by atoms with van der Waals surface area (Å²) in [4.78, 5) is 2.39. The SMILES string of the molecule is c1ccc(-n2c3ccccc3c3ccccc32)c(N(c2ccc(-c3ccc(-c4cccc5ccccc45)cc3)cc2)c2ccc(-c3cccc4c3oc3ccccc34)cc2)c1. The molecule has 0 bridgehead atoms. The van der Waals surface area contributed by atoms with Gasteiger partial charge < -0.3 is 13.9 Å². The van der Waals surface area contributed by atoms with Crippen LogP contribution < -0.4 is 4.90 Å². The molecule has 12 aromatic rings. The van der Waals surface area contributed by atoms with Gasteiger partial charge in [-0.05, 0) is 93.2 Å². The number of furan rings is 1. The zero-order valence-electron chi connectivity index (χ0n) is 33.2. The summed E-state index contributed by atoms with van der Waals surface area (Å²) in [6.45, 7) is 0. The molecule has 3 nitrogen and oxygen atoms in total. The second kappa shape index (κ2) is 14.3. The molecule has 10 aromatic carbocycles. The highest BCUT2D eigenvalue weighted by molar-refractivity contribution is 6.11. The maximum absolute atomic E-state index is 6.46. The average molecular weight is 779 g/mol. The molecule has 0 radical (unpaired) electrons. The Labute approximate surface area is 353 Å². The lowest BCUT2D eigenvalue weighted by Crippen LogP contribution is -2.13. The molecule has 0 aliphatic carbocycles. The van der Waals surface area contributed by atoms with Crippen molar-refractivity contribution in [3.05, 3.63) is 231 Å². The maximum atomic E-state index is 6.46. The lowest BCUT2D eigenvalue weighted by atomic mass is 9.96. The van der Waals surface area contributed by atoms with E-state index in [1.54, 1.807) is 0 Å². The standard InChI is InChI=1S/C58H38N2O/c1-2-15-46-41(13-1)14-11-19-47(46)42-29-27-39(28-30-42)40-31-35-44(36-32-40)59(45-37-33-43(34-38-45)48-20-12-21-52-51-18-5-10-26-57(51)61-58(48)52)55-24-8-9-25-56(55)60-53-22-6-3-16-49(53)50-17-4-7-23-54(50)60/h1-38H. The predicted molar refractivity (Wildman–Crippen MR) is 257 cm³/mol. The Morgan fingerprint density at radius 1 is 0.328 bits per heavy atom. The third-order valence-electron chi connectivity index (χ3n) is 12.2. The van der Waals surface area contributed by atoms with Gasteiger partial charge in [-0.25, -0.2) is 0 Å². The van der Waals surface area contributed by atoms with Crippen molar-refractivity contribution in [1.82, 2.24) is 4.57 Å². The van der Waals surface area contributed by atoms with Crippen molar-refractivity contribution >= 4 is 71.6 Å². The second-order valence-electron chi connectivity index (χ2n) is 15.7. The average Bonchev–Trinajstić information content (AvgIpc) is 3.88. The highest BCUT2D eigenvalue weighted by Crippen LogP contribution is 2.43. The van der Waals surface area contributed by atoms with Gasteiger partial charge in [-0.3, -0.25) is 0 Å². The largest absolute Gasteiger partial charge is 0.455 e. The summed E-state index contributed by atoms with van der Waals surface area (Å²) in [6.07, 6.45) is 0. The van der Waals surface area contributed by atoms with Crippen LogP contribution in [0.1, 0.15) is 0 Å². The molecule has 61 heavy (non-hydrogen) atoms. The first-order chi connectivity index (χ1) is 30.3. The minimum absolute atomic E-state index is 0.901. The smallest absolute Gasteiger partial charge is 0.143 e. The molecule has 2 aromatic heterocycles. The van der Waals surface area contributed by atoms with E-state index < -0.39 is 0 Å². The quantitative estimate of drug-likeness (QED) is 0.161. The van der Waals surface area contributed by atoms with Crippen molar-refractivity contribution in [2.24, 2.45) is 0 Å². The van der Waals surface area contributed by atoms with Crippen molar-refractivity contribution in [3.8, 4) is 39.1 Å². The van der Waals surface area contributed by atoms with E-state index in [4.69, 9.17) is 4.42 Å². The first-order valence-electron chi connectivity index (χ1n) is 20.8. The molecule has 286 valence electrons. The fourth-order valence-corrected chi connectivity index (χ4v) is 9.34. The molecule has 0 saturated carbocycles. The highest BCUT2D eigenvalue weighted by atomic mass is 16.3. The Bertz CT molecular complexity index is 3520. The van der Waals surface area contributed by atoms with E-state index in [9.17, 15) is 0 Å². The van der Waals surface area contributed by atoms with Crippen LogP contribution in [-0.4, -0.2) is 4.57 Å². The molecule has 0 amide bonds. The van der Waals surface area contributed by atoms with Crippen molar-refractivity contribution in [2.45, 2.75) is 0 Å². The van der Waals surface area contributed by atoms with E-state index in [0.29, 0.717) is 0 Å². The Balaban J connectivity index is 0.978. The molecule has 0 saturated heterocycles. The normalized spacial score (nSPS) is 11.6. The lowest BCUT2D eigenvalue weighted by molar-refractivity contribution is 0.670. The molecule has 0 spiro atoms. The number of benzene rings is 10. The van der Waals surface area contributed by atoms with Gasteiger partial charge >= 0.3 is 0 Å². The van der Waals surface area contributed by atoms with Gasteiger partial charge in [0.15, 0.2) is 0 Å². The highest BCUT2D eigenvalue weighted by Gasteiger charge is 2.21. The van der Waals surface area contributed by atoms with Gasteiger partial charge in [0.25, 0.3) is 0 Å². The lowest BCUT2D eigenvalue weighted by Gasteiger charge is -2.28. The molecule has 0 N–H and O–H groups in total. The first-order valence-corrected chi connectivity index (χ1v) is 20.8. The number of hydrogen-bond donors (Lipinski definition) is 0. The number of anilines is 3. The van der Waals surface area contributed by atoms with Crippen molar-refractivity contribution < 1.29 is 4.42 Å². The van der Waals surface area contributed by atoms with Crippen LogP contribution in [0.5, 0.6) is 0 Å². The molecule has 0 fully saturated rings. The van der Waals surface area contributed by atoms with E-state index in [-0.39, 0.29) is 0 Å². The molecule has 2 heterocycles. The van der Waals surface area contributed by atoms with Gasteiger partial charge in [-0.15, -0.1) is 0 Å². The van der Waals surface area contributed by atoms with E-state index >= 15 is 0 Å². The van der Waals surface area contributed by atoms with Crippen LogP contribution in [0.4, 0.5) is 17.1 Å². The number of fused-ring (bicyclic) bond motifs is 7. The van der Waals surface area contributed by atoms with Gasteiger partial charge in [-0.1, -0.05) is 176 Å². The zero-order valence-corrected chi connectivity index (χ0v) is 33.2. The topological polar surface area (TPSA) is 21.3 Å². The second-order valence-corrected chi connectivity index (χ2v) is 15.7. The van der Waals surface area contributed by atoms with Crippen LogP contribution in [0, 0.1) is 0 Å². The predicted octanol–water partition coefficient (Wildman–Crippen LogP) is 16.3. The zero-order chi connectivity index (χ0) is 40.3. The van der Waals surface area contributed by atoms with E-state index in [0.717, 1.165) is 61.4 Å². The van der Waals surface area contributed by atoms with Crippen molar-refractivity contribution in [3.63, 3.8) is 0 Å². The Morgan fingerprint density at radius 2 is 0.803 bits per heavy atom. The van der Waals surface area contributed by atoms with Gasteiger partial charge in [0.05, 0.1) is 22.4 Å². The van der Waals surface area contributed by atoms with Gasteiger partial charge in [-0.2, -0.15) is 0 Å². The summed E-state index contributed by atoms with van der Waals surface area (Å²) in [5.74, 6) is 0. The van der Waals surface area contributed by atoms with Crippen LogP contribution in [0.15, 0.2) is 235 Å². The summed E-state index contributed by atoms with van der Waals surface area (Å²) < 4.78 is 8.87. The van der Waals surface area contributed by atoms with E-state index in [2.05, 4.69) is 228 Å². The van der Waals surface area contributed by atoms with E-state index in [1.165, 1.54) is 49.3 Å². The fourth-order valence-electron chi connectivity index (χ4n) is 9.34. The molecular formula is C58H38N2O. The Hall–Kier alpha value is -8.14. The van der Waals surface area contributed by atoms with Gasteiger partial charge in [0.1, 0.15) is 11.2 Å². The summed E-state index contributed by atoms with van der Waals surface area (Å²) >= 11 is 0. The monoisotopic (exact) mass is 778 g/mol. The van der Waals surface area contributed by atoms with Gasteiger partial charge in [0, 0.05) is 38.5 Å². The molecule has 3 heteroatoms. The fraction of sp³-hybridized carbons (Fsp3) is 0. The Kier molecular flexibility index (Phi) is 8.17. The number of para-hydroxylation sites is 6. The van der Waals surface area contributed by atoms with Crippen LogP contribution in [0.25, 0.3) is 93.6 Å². The summed E-state index contributed by atoms with van der Waals surface area (Å²) in [5, 5.41) is 7.25. The molecule has 0 unspecified atom stereocenters. The van der Waals surface area contributed by atoms with Crippen LogP contribution in [0.3, 0.4) is 0 Å². The summed E-state index contributed by atoms with van der Waals surface area (Å²) in [6, 6.07) is 82.9.